The molecule has 186 valence electrons. The second-order valence-electron chi connectivity index (χ2n) is 9.35. The van der Waals surface area contributed by atoms with E-state index < -0.39 is 5.97 Å². The summed E-state index contributed by atoms with van der Waals surface area (Å²) in [5.74, 6) is -0.847. The van der Waals surface area contributed by atoms with Crippen molar-refractivity contribution in [1.29, 1.82) is 0 Å². The number of carbonyl (C=O) groups is 2. The standard InChI is InChI=1S/C32H30N2O3/c1-3-23-14-9-11-21(2)30(23)34-28(35)20-37-32(36)29-25-16-7-8-18-27(25)33-31-24(15-10-17-26(29)31)19-22-12-5-4-6-13-22/h4-9,11-14,16,18-19H,3,10,15,17,20H2,1-2H3,(H,34,35)/b24-19+. The summed E-state index contributed by atoms with van der Waals surface area (Å²) in [6, 6.07) is 23.7. The Morgan fingerprint density at radius 2 is 1.76 bits per heavy atom. The lowest BCUT2D eigenvalue weighted by molar-refractivity contribution is -0.119. The first-order valence-electron chi connectivity index (χ1n) is 12.8. The van der Waals surface area contributed by atoms with Gasteiger partial charge in [-0.15, -0.1) is 0 Å². The van der Waals surface area contributed by atoms with E-state index >= 15 is 0 Å². The van der Waals surface area contributed by atoms with E-state index in [9.17, 15) is 9.59 Å². The molecule has 5 heteroatoms. The number of anilines is 1. The van der Waals surface area contributed by atoms with Gasteiger partial charge in [0.15, 0.2) is 6.61 Å². The van der Waals surface area contributed by atoms with E-state index in [2.05, 4.69) is 23.5 Å². The number of fused-ring (bicyclic) bond motifs is 2. The minimum atomic E-state index is -0.494. The zero-order valence-electron chi connectivity index (χ0n) is 21.2. The third kappa shape index (κ3) is 5.17. The van der Waals surface area contributed by atoms with Gasteiger partial charge in [0, 0.05) is 11.1 Å². The molecule has 37 heavy (non-hydrogen) atoms. The van der Waals surface area contributed by atoms with Crippen LogP contribution in [0.5, 0.6) is 0 Å². The molecule has 1 N–H and O–H groups in total. The van der Waals surface area contributed by atoms with E-state index in [1.807, 2.05) is 74.5 Å². The van der Waals surface area contributed by atoms with Gasteiger partial charge in [-0.1, -0.05) is 73.7 Å². The highest BCUT2D eigenvalue weighted by molar-refractivity contribution is 6.07. The number of aromatic nitrogens is 1. The van der Waals surface area contributed by atoms with E-state index in [0.717, 1.165) is 75.8 Å². The Balaban J connectivity index is 1.45. The highest BCUT2D eigenvalue weighted by Crippen LogP contribution is 2.36. The van der Waals surface area contributed by atoms with Crippen LogP contribution in [0, 0.1) is 6.92 Å². The number of hydrogen-bond acceptors (Lipinski definition) is 4. The van der Waals surface area contributed by atoms with Gasteiger partial charge < -0.3 is 10.1 Å². The highest BCUT2D eigenvalue weighted by Gasteiger charge is 2.26. The first kappa shape index (κ1) is 24.4. The third-order valence-corrected chi connectivity index (χ3v) is 6.85. The molecule has 0 bridgehead atoms. The quantitative estimate of drug-likeness (QED) is 0.303. The molecule has 1 heterocycles. The molecular weight excluding hydrogens is 460 g/mol. The van der Waals surface area contributed by atoms with Crippen molar-refractivity contribution >= 4 is 40.1 Å². The van der Waals surface area contributed by atoms with Crippen molar-refractivity contribution in [3.05, 3.63) is 106 Å². The molecule has 0 atom stereocenters. The lowest BCUT2D eigenvalue weighted by Gasteiger charge is -2.22. The van der Waals surface area contributed by atoms with Crippen LogP contribution in [0.25, 0.3) is 22.6 Å². The van der Waals surface area contributed by atoms with Crippen molar-refractivity contribution < 1.29 is 14.3 Å². The van der Waals surface area contributed by atoms with Crippen molar-refractivity contribution in [1.82, 2.24) is 4.98 Å². The third-order valence-electron chi connectivity index (χ3n) is 6.85. The second-order valence-corrected chi connectivity index (χ2v) is 9.35. The first-order chi connectivity index (χ1) is 18.0. The molecule has 5 nitrogen and oxygen atoms in total. The Morgan fingerprint density at radius 3 is 2.57 bits per heavy atom. The average Bonchev–Trinajstić information content (AvgIpc) is 2.92. The maximum atomic E-state index is 13.5. The summed E-state index contributed by atoms with van der Waals surface area (Å²) in [6.07, 6.45) is 5.49. The zero-order valence-corrected chi connectivity index (χ0v) is 21.2. The summed E-state index contributed by atoms with van der Waals surface area (Å²) in [7, 11) is 0. The van der Waals surface area contributed by atoms with Crippen LogP contribution >= 0.6 is 0 Å². The SMILES string of the molecule is CCc1cccc(C)c1NC(=O)COC(=O)c1c2c(nc3ccccc13)/C(=C/c1ccccc1)CCC2. The highest BCUT2D eigenvalue weighted by atomic mass is 16.5. The number of hydrogen-bond donors (Lipinski definition) is 1. The molecule has 3 aromatic carbocycles. The summed E-state index contributed by atoms with van der Waals surface area (Å²) in [5, 5.41) is 3.68. The smallest absolute Gasteiger partial charge is 0.339 e. The van der Waals surface area contributed by atoms with Crippen molar-refractivity contribution in [3.63, 3.8) is 0 Å². The summed E-state index contributed by atoms with van der Waals surface area (Å²) in [4.78, 5) is 31.2. The van der Waals surface area contributed by atoms with Gasteiger partial charge in [0.2, 0.25) is 0 Å². The number of esters is 1. The Morgan fingerprint density at radius 1 is 0.973 bits per heavy atom. The largest absolute Gasteiger partial charge is 0.452 e. The van der Waals surface area contributed by atoms with Gasteiger partial charge in [0.1, 0.15) is 0 Å². The number of allylic oxidation sites excluding steroid dienone is 1. The average molecular weight is 491 g/mol. The van der Waals surface area contributed by atoms with Crippen LogP contribution in [0.4, 0.5) is 5.69 Å². The molecule has 5 rings (SSSR count). The Kier molecular flexibility index (Phi) is 7.13. The molecule has 0 aliphatic heterocycles. The monoisotopic (exact) mass is 490 g/mol. The molecule has 1 aliphatic carbocycles. The van der Waals surface area contributed by atoms with Crippen LogP contribution in [0.2, 0.25) is 0 Å². The molecule has 0 saturated heterocycles. The summed E-state index contributed by atoms with van der Waals surface area (Å²) in [6.45, 7) is 3.65. The minimum absolute atomic E-state index is 0.353. The molecule has 4 aromatic rings. The Hall–Kier alpha value is -4.25. The summed E-state index contributed by atoms with van der Waals surface area (Å²) >= 11 is 0. The van der Waals surface area contributed by atoms with Gasteiger partial charge in [-0.3, -0.25) is 4.79 Å². The van der Waals surface area contributed by atoms with Gasteiger partial charge in [0.25, 0.3) is 5.91 Å². The fourth-order valence-corrected chi connectivity index (χ4v) is 5.04. The van der Waals surface area contributed by atoms with Gasteiger partial charge in [-0.05, 0) is 72.6 Å². The van der Waals surface area contributed by atoms with E-state index in [-0.39, 0.29) is 12.5 Å². The number of amides is 1. The molecule has 1 aromatic heterocycles. The predicted molar refractivity (Wildman–Crippen MR) is 148 cm³/mol. The topological polar surface area (TPSA) is 68.3 Å². The molecule has 0 fully saturated rings. The maximum Gasteiger partial charge on any atom is 0.339 e. The molecule has 0 unspecified atom stereocenters. The van der Waals surface area contributed by atoms with Gasteiger partial charge >= 0.3 is 5.97 Å². The number of carbonyl (C=O) groups excluding carboxylic acids is 2. The molecule has 1 amide bonds. The summed E-state index contributed by atoms with van der Waals surface area (Å²) in [5.41, 5.74) is 8.01. The minimum Gasteiger partial charge on any atom is -0.452 e. The Labute approximate surface area is 217 Å². The predicted octanol–water partition coefficient (Wildman–Crippen LogP) is 6.78. The van der Waals surface area contributed by atoms with E-state index in [1.165, 1.54) is 0 Å². The normalized spacial score (nSPS) is 13.8. The molecule has 0 saturated carbocycles. The first-order valence-corrected chi connectivity index (χ1v) is 12.8. The lowest BCUT2D eigenvalue weighted by Crippen LogP contribution is -2.23. The van der Waals surface area contributed by atoms with E-state index in [1.54, 1.807) is 0 Å². The number of pyridine rings is 1. The van der Waals surface area contributed by atoms with E-state index in [0.29, 0.717) is 5.56 Å². The van der Waals surface area contributed by atoms with Crippen LogP contribution in [-0.2, 0) is 22.4 Å². The van der Waals surface area contributed by atoms with Gasteiger partial charge in [0.05, 0.1) is 16.8 Å². The molecular formula is C32H30N2O3. The Bertz CT molecular complexity index is 1510. The number of ether oxygens (including phenoxy) is 1. The van der Waals surface area contributed by atoms with Crippen LogP contribution < -0.4 is 5.32 Å². The van der Waals surface area contributed by atoms with Crippen molar-refractivity contribution in [2.24, 2.45) is 0 Å². The van der Waals surface area contributed by atoms with Crippen LogP contribution in [0.1, 0.15) is 58.1 Å². The van der Waals surface area contributed by atoms with Crippen LogP contribution in [-0.4, -0.2) is 23.5 Å². The maximum absolute atomic E-state index is 13.5. The molecule has 0 radical (unpaired) electrons. The number of rotatable bonds is 6. The second kappa shape index (κ2) is 10.8. The number of aryl methyl sites for hydroxylation is 2. The number of nitrogens with one attached hydrogen (secondary N) is 1. The van der Waals surface area contributed by atoms with Crippen LogP contribution in [0.15, 0.2) is 72.8 Å². The number of benzene rings is 3. The van der Waals surface area contributed by atoms with Crippen molar-refractivity contribution in [2.45, 2.75) is 39.5 Å². The summed E-state index contributed by atoms with van der Waals surface area (Å²) < 4.78 is 5.60. The van der Waals surface area contributed by atoms with Gasteiger partial charge in [-0.2, -0.15) is 0 Å². The van der Waals surface area contributed by atoms with Gasteiger partial charge in [-0.25, -0.2) is 9.78 Å². The lowest BCUT2D eigenvalue weighted by atomic mass is 9.86. The van der Waals surface area contributed by atoms with Crippen molar-refractivity contribution in [2.75, 3.05) is 11.9 Å². The fraction of sp³-hybridized carbons (Fsp3) is 0.219. The number of nitrogens with zero attached hydrogens (tertiary/aromatic N) is 1. The fourth-order valence-electron chi connectivity index (χ4n) is 5.04. The molecule has 0 spiro atoms. The number of para-hydroxylation sites is 2. The molecule has 1 aliphatic rings. The van der Waals surface area contributed by atoms with Crippen molar-refractivity contribution in [3.8, 4) is 0 Å². The van der Waals surface area contributed by atoms with Crippen LogP contribution in [0.3, 0.4) is 0 Å². The zero-order chi connectivity index (χ0) is 25.8. The van der Waals surface area contributed by atoms with E-state index in [4.69, 9.17) is 9.72 Å².